The maximum atomic E-state index is 11.1. The van der Waals surface area contributed by atoms with Crippen molar-refractivity contribution in [1.29, 1.82) is 0 Å². The van der Waals surface area contributed by atoms with Crippen LogP contribution >= 0.6 is 0 Å². The lowest BCUT2D eigenvalue weighted by atomic mass is 10.3. The van der Waals surface area contributed by atoms with Gasteiger partial charge in [0, 0.05) is 13.0 Å². The number of ether oxygens (including phenoxy) is 2. The predicted molar refractivity (Wildman–Crippen MR) is 55.5 cm³/mol. The zero-order valence-corrected chi connectivity index (χ0v) is 9.58. The first-order chi connectivity index (χ1) is 7.60. The van der Waals surface area contributed by atoms with Crippen LogP contribution in [0.1, 0.15) is 26.2 Å². The molecule has 0 aromatic carbocycles. The Bertz CT molecular complexity index is 252. The topological polar surface area (TPSA) is 81.7 Å². The second-order valence-electron chi connectivity index (χ2n) is 2.98. The van der Waals surface area contributed by atoms with Gasteiger partial charge in [0.15, 0.2) is 0 Å². The van der Waals surface area contributed by atoms with Crippen LogP contribution in [-0.2, 0) is 23.9 Å². The molecule has 0 aliphatic heterocycles. The molecule has 92 valence electrons. The van der Waals surface area contributed by atoms with Gasteiger partial charge in [0.25, 0.3) is 0 Å². The molecule has 0 aromatic rings. The first-order valence-electron chi connectivity index (χ1n) is 5.09. The van der Waals surface area contributed by atoms with Gasteiger partial charge < -0.3 is 14.8 Å². The highest BCUT2D eigenvalue weighted by atomic mass is 16.5. The van der Waals surface area contributed by atoms with Crippen LogP contribution in [0.15, 0.2) is 0 Å². The molecule has 0 saturated carbocycles. The smallest absolute Gasteiger partial charge is 0.307 e. The van der Waals surface area contributed by atoms with E-state index in [9.17, 15) is 14.4 Å². The first kappa shape index (κ1) is 14.4. The minimum atomic E-state index is -0.430. The van der Waals surface area contributed by atoms with Crippen LogP contribution in [0, 0.1) is 0 Å². The van der Waals surface area contributed by atoms with Gasteiger partial charge in [-0.1, -0.05) is 0 Å². The van der Waals surface area contributed by atoms with Gasteiger partial charge in [0.1, 0.15) is 0 Å². The van der Waals surface area contributed by atoms with Gasteiger partial charge in [-0.3, -0.25) is 14.4 Å². The van der Waals surface area contributed by atoms with Crippen molar-refractivity contribution in [3.05, 3.63) is 0 Å². The minimum Gasteiger partial charge on any atom is -0.469 e. The highest BCUT2D eigenvalue weighted by Gasteiger charge is 2.07. The Hall–Kier alpha value is -1.59. The summed E-state index contributed by atoms with van der Waals surface area (Å²) in [4.78, 5) is 32.7. The first-order valence-corrected chi connectivity index (χ1v) is 5.09. The molecule has 1 N–H and O–H groups in total. The van der Waals surface area contributed by atoms with E-state index in [4.69, 9.17) is 0 Å². The number of hydrogen-bond acceptors (Lipinski definition) is 5. The maximum Gasteiger partial charge on any atom is 0.307 e. The van der Waals surface area contributed by atoms with E-state index in [2.05, 4.69) is 14.8 Å². The van der Waals surface area contributed by atoms with Crippen molar-refractivity contribution in [2.75, 3.05) is 20.3 Å². The van der Waals surface area contributed by atoms with Crippen LogP contribution in [-0.4, -0.2) is 38.1 Å². The van der Waals surface area contributed by atoms with E-state index >= 15 is 0 Å². The lowest BCUT2D eigenvalue weighted by Crippen LogP contribution is -2.26. The Kier molecular flexibility index (Phi) is 7.83. The van der Waals surface area contributed by atoms with Crippen molar-refractivity contribution in [1.82, 2.24) is 5.32 Å². The summed E-state index contributed by atoms with van der Waals surface area (Å²) in [6.07, 6.45) is 0.245. The molecular weight excluding hydrogens is 214 g/mol. The van der Waals surface area contributed by atoms with Crippen LogP contribution < -0.4 is 5.32 Å². The van der Waals surface area contributed by atoms with Crippen molar-refractivity contribution < 1.29 is 23.9 Å². The van der Waals surface area contributed by atoms with E-state index < -0.39 is 5.97 Å². The summed E-state index contributed by atoms with van der Waals surface area (Å²) >= 11 is 0. The number of methoxy groups -OCH3 is 1. The lowest BCUT2D eigenvalue weighted by Gasteiger charge is -2.04. The Morgan fingerprint density at radius 3 is 2.31 bits per heavy atom. The molecular formula is C10H17NO5. The third kappa shape index (κ3) is 7.78. The van der Waals surface area contributed by atoms with Crippen molar-refractivity contribution >= 4 is 17.8 Å². The SMILES string of the molecule is CCOC(=O)CCNC(=O)CCC(=O)OC. The van der Waals surface area contributed by atoms with Crippen LogP contribution in [0.25, 0.3) is 0 Å². The van der Waals surface area contributed by atoms with Crippen LogP contribution in [0.5, 0.6) is 0 Å². The standard InChI is InChI=1S/C10H17NO5/c1-3-16-10(14)6-7-11-8(12)4-5-9(13)15-2/h3-7H2,1-2H3,(H,11,12). The summed E-state index contributed by atoms with van der Waals surface area (Å²) in [6, 6.07) is 0. The molecule has 0 saturated heterocycles. The molecule has 0 atom stereocenters. The van der Waals surface area contributed by atoms with Crippen molar-refractivity contribution in [2.45, 2.75) is 26.2 Å². The summed E-state index contributed by atoms with van der Waals surface area (Å²) in [7, 11) is 1.26. The fourth-order valence-corrected chi connectivity index (χ4v) is 0.943. The van der Waals surface area contributed by atoms with Crippen LogP contribution in [0.4, 0.5) is 0 Å². The molecule has 16 heavy (non-hydrogen) atoms. The van der Waals surface area contributed by atoms with E-state index in [-0.39, 0.29) is 37.7 Å². The minimum absolute atomic E-state index is 0.0434. The average Bonchev–Trinajstić information content (AvgIpc) is 2.26. The fourth-order valence-electron chi connectivity index (χ4n) is 0.943. The molecule has 0 heterocycles. The van der Waals surface area contributed by atoms with Crippen LogP contribution in [0.2, 0.25) is 0 Å². The van der Waals surface area contributed by atoms with Gasteiger partial charge in [-0.15, -0.1) is 0 Å². The van der Waals surface area contributed by atoms with Gasteiger partial charge in [-0.05, 0) is 6.92 Å². The van der Waals surface area contributed by atoms with E-state index in [1.165, 1.54) is 7.11 Å². The van der Waals surface area contributed by atoms with E-state index in [1.807, 2.05) is 0 Å². The molecule has 0 rings (SSSR count). The largest absolute Gasteiger partial charge is 0.469 e. The zero-order chi connectivity index (χ0) is 12.4. The number of nitrogens with one attached hydrogen (secondary N) is 1. The Balaban J connectivity index is 3.51. The van der Waals surface area contributed by atoms with E-state index in [0.717, 1.165) is 0 Å². The average molecular weight is 231 g/mol. The molecule has 1 amide bonds. The van der Waals surface area contributed by atoms with Gasteiger partial charge in [-0.2, -0.15) is 0 Å². The number of carbonyl (C=O) groups excluding carboxylic acids is 3. The molecule has 6 heteroatoms. The summed E-state index contributed by atoms with van der Waals surface area (Å²) in [6.45, 7) is 2.26. The predicted octanol–water partition coefficient (Wildman–Crippen LogP) is 0.00900. The molecule has 0 unspecified atom stereocenters. The molecule has 0 radical (unpaired) electrons. The van der Waals surface area contributed by atoms with Gasteiger partial charge in [0.05, 0.1) is 26.6 Å². The van der Waals surface area contributed by atoms with Gasteiger partial charge in [0.2, 0.25) is 5.91 Å². The number of carbonyl (C=O) groups is 3. The summed E-state index contributed by atoms with van der Waals surface area (Å²) < 4.78 is 9.06. The molecule has 0 fully saturated rings. The quantitative estimate of drug-likeness (QED) is 0.624. The number of esters is 2. The summed E-state index contributed by atoms with van der Waals surface area (Å²) in [5.74, 6) is -1.06. The van der Waals surface area contributed by atoms with E-state index in [0.29, 0.717) is 6.61 Å². The van der Waals surface area contributed by atoms with Crippen LogP contribution in [0.3, 0.4) is 0 Å². The molecule has 0 aliphatic carbocycles. The number of rotatable bonds is 7. The number of hydrogen-bond donors (Lipinski definition) is 1. The summed E-state index contributed by atoms with van der Waals surface area (Å²) in [5, 5.41) is 2.50. The monoisotopic (exact) mass is 231 g/mol. The van der Waals surface area contributed by atoms with Gasteiger partial charge in [-0.25, -0.2) is 0 Å². The van der Waals surface area contributed by atoms with Gasteiger partial charge >= 0.3 is 11.9 Å². The summed E-state index contributed by atoms with van der Waals surface area (Å²) in [5.41, 5.74) is 0. The van der Waals surface area contributed by atoms with Crippen molar-refractivity contribution in [2.24, 2.45) is 0 Å². The third-order valence-electron chi connectivity index (χ3n) is 1.74. The number of amides is 1. The van der Waals surface area contributed by atoms with Crippen molar-refractivity contribution in [3.63, 3.8) is 0 Å². The molecule has 6 nitrogen and oxygen atoms in total. The fraction of sp³-hybridized carbons (Fsp3) is 0.700. The van der Waals surface area contributed by atoms with E-state index in [1.54, 1.807) is 6.92 Å². The Morgan fingerprint density at radius 2 is 1.75 bits per heavy atom. The third-order valence-corrected chi connectivity index (χ3v) is 1.74. The second-order valence-corrected chi connectivity index (χ2v) is 2.98. The highest BCUT2D eigenvalue weighted by molar-refractivity contribution is 5.81. The normalized spacial score (nSPS) is 9.38. The molecule has 0 aromatic heterocycles. The van der Waals surface area contributed by atoms with Crippen molar-refractivity contribution in [3.8, 4) is 0 Å². The Morgan fingerprint density at radius 1 is 1.06 bits per heavy atom. The zero-order valence-electron chi connectivity index (χ0n) is 9.58. The highest BCUT2D eigenvalue weighted by Crippen LogP contribution is 1.92. The molecule has 0 bridgehead atoms. The lowest BCUT2D eigenvalue weighted by molar-refractivity contribution is -0.144. The second kappa shape index (κ2) is 8.70. The maximum absolute atomic E-state index is 11.1. The molecule has 0 spiro atoms. The molecule has 0 aliphatic rings. The Labute approximate surface area is 94.3 Å².